The van der Waals surface area contributed by atoms with Crippen molar-refractivity contribution in [3.8, 4) is 11.5 Å². The Balaban J connectivity index is 3.29. The van der Waals surface area contributed by atoms with Crippen molar-refractivity contribution in [1.82, 2.24) is 0 Å². The Kier molecular flexibility index (Phi) is 5.09. The number of benzene rings is 1. The van der Waals surface area contributed by atoms with Gasteiger partial charge in [0, 0.05) is 12.1 Å². The van der Waals surface area contributed by atoms with E-state index in [1.165, 1.54) is 14.2 Å². The van der Waals surface area contributed by atoms with Gasteiger partial charge in [0.1, 0.15) is 11.5 Å². The molecule has 0 radical (unpaired) electrons. The third-order valence-corrected chi connectivity index (χ3v) is 2.41. The lowest BCUT2D eigenvalue weighted by Gasteiger charge is -2.14. The van der Waals surface area contributed by atoms with Gasteiger partial charge in [-0.3, -0.25) is 0 Å². The highest BCUT2D eigenvalue weighted by atomic mass is 19.3. The van der Waals surface area contributed by atoms with Gasteiger partial charge in [0.15, 0.2) is 0 Å². The summed E-state index contributed by atoms with van der Waals surface area (Å²) >= 11 is 0. The maximum Gasteiger partial charge on any atom is 0.271 e. The first-order valence-corrected chi connectivity index (χ1v) is 5.51. The molecule has 0 amide bonds. The predicted octanol–water partition coefficient (Wildman–Crippen LogP) is 2.83. The highest BCUT2D eigenvalue weighted by Crippen LogP contribution is 2.33. The number of hydrogen-bond acceptors (Lipinski definition) is 3. The van der Waals surface area contributed by atoms with Gasteiger partial charge in [-0.1, -0.05) is 0 Å². The summed E-state index contributed by atoms with van der Waals surface area (Å²) in [5, 5.41) is 0. The zero-order valence-corrected chi connectivity index (χ0v) is 10.7. The molecule has 5 heteroatoms. The molecule has 0 saturated carbocycles. The molecule has 0 saturated heterocycles. The van der Waals surface area contributed by atoms with Crippen LogP contribution >= 0.6 is 0 Å². The highest BCUT2D eigenvalue weighted by molar-refractivity contribution is 5.66. The van der Waals surface area contributed by atoms with Crippen LogP contribution in [-0.4, -0.2) is 20.3 Å². The van der Waals surface area contributed by atoms with Crippen LogP contribution in [0, 0.1) is 0 Å². The van der Waals surface area contributed by atoms with E-state index in [2.05, 4.69) is 0 Å². The fourth-order valence-electron chi connectivity index (χ4n) is 1.73. The van der Waals surface area contributed by atoms with E-state index < -0.39 is 6.08 Å². The monoisotopic (exact) mass is 257 g/mol. The van der Waals surface area contributed by atoms with Crippen molar-refractivity contribution >= 4 is 6.08 Å². The van der Waals surface area contributed by atoms with Crippen LogP contribution in [0.3, 0.4) is 0 Å². The first-order chi connectivity index (χ1) is 8.47. The number of ether oxygens (including phenoxy) is 2. The second-order valence-electron chi connectivity index (χ2n) is 4.03. The highest BCUT2D eigenvalue weighted by Gasteiger charge is 2.12. The van der Waals surface area contributed by atoms with Gasteiger partial charge in [-0.05, 0) is 31.0 Å². The average molecular weight is 257 g/mol. The Morgan fingerprint density at radius 3 is 2.11 bits per heavy atom. The van der Waals surface area contributed by atoms with Crippen molar-refractivity contribution in [2.24, 2.45) is 5.73 Å². The van der Waals surface area contributed by atoms with Crippen molar-refractivity contribution in [1.29, 1.82) is 0 Å². The zero-order valence-electron chi connectivity index (χ0n) is 10.7. The first kappa shape index (κ1) is 14.4. The topological polar surface area (TPSA) is 44.5 Å². The van der Waals surface area contributed by atoms with Gasteiger partial charge >= 0.3 is 0 Å². The lowest BCUT2D eigenvalue weighted by molar-refractivity contribution is 0.389. The van der Waals surface area contributed by atoms with Crippen LogP contribution in [-0.2, 0) is 6.42 Å². The largest absolute Gasteiger partial charge is 0.496 e. The fourth-order valence-corrected chi connectivity index (χ4v) is 1.73. The van der Waals surface area contributed by atoms with Gasteiger partial charge in [0.25, 0.3) is 6.08 Å². The van der Waals surface area contributed by atoms with Crippen LogP contribution in [0.1, 0.15) is 18.1 Å². The molecular weight excluding hydrogens is 240 g/mol. The van der Waals surface area contributed by atoms with Gasteiger partial charge in [0.05, 0.1) is 19.8 Å². The van der Waals surface area contributed by atoms with Crippen molar-refractivity contribution in [3.63, 3.8) is 0 Å². The van der Waals surface area contributed by atoms with E-state index in [-0.39, 0.29) is 11.6 Å². The lowest BCUT2D eigenvalue weighted by Crippen LogP contribution is -2.17. The molecule has 0 aromatic heterocycles. The molecule has 0 heterocycles. The molecule has 0 aliphatic carbocycles. The summed E-state index contributed by atoms with van der Waals surface area (Å²) in [6.07, 6.45) is -0.450. The molecule has 3 nitrogen and oxygen atoms in total. The maximum absolute atomic E-state index is 12.4. The molecule has 0 aliphatic rings. The number of rotatable bonds is 5. The molecule has 1 rings (SSSR count). The Hall–Kier alpha value is -1.62. The summed E-state index contributed by atoms with van der Waals surface area (Å²) in [6, 6.07) is 3.36. The molecule has 0 aliphatic heterocycles. The smallest absolute Gasteiger partial charge is 0.271 e. The average Bonchev–Trinajstić information content (AvgIpc) is 2.29. The van der Waals surface area contributed by atoms with E-state index in [0.29, 0.717) is 17.9 Å². The van der Waals surface area contributed by atoms with E-state index in [4.69, 9.17) is 15.2 Å². The Morgan fingerprint density at radius 1 is 1.28 bits per heavy atom. The van der Waals surface area contributed by atoms with Crippen LogP contribution in [0.5, 0.6) is 11.5 Å². The van der Waals surface area contributed by atoms with E-state index in [1.807, 2.05) is 6.92 Å². The van der Waals surface area contributed by atoms with Gasteiger partial charge in [0.2, 0.25) is 0 Å². The molecule has 1 atom stereocenters. The predicted molar refractivity (Wildman–Crippen MR) is 67.1 cm³/mol. The van der Waals surface area contributed by atoms with E-state index in [9.17, 15) is 8.78 Å². The molecule has 1 aromatic rings. The minimum absolute atomic E-state index is 0.0290. The standard InChI is InChI=1S/C13H17F2NO2/c1-8(16)4-9-5-11(17-2)10(7-13(14)15)12(6-9)18-3/h5-8H,4,16H2,1-3H3. The molecule has 0 bridgehead atoms. The Morgan fingerprint density at radius 2 is 1.78 bits per heavy atom. The quantitative estimate of drug-likeness (QED) is 0.882. The van der Waals surface area contributed by atoms with Crippen molar-refractivity contribution in [2.45, 2.75) is 19.4 Å². The van der Waals surface area contributed by atoms with Crippen LogP contribution in [0.25, 0.3) is 6.08 Å². The summed E-state index contributed by atoms with van der Waals surface area (Å²) in [7, 11) is 2.86. The third kappa shape index (κ3) is 3.70. The SMILES string of the molecule is COc1cc(CC(C)N)cc(OC)c1C=C(F)F. The number of halogens is 2. The molecule has 2 N–H and O–H groups in total. The van der Waals surface area contributed by atoms with Crippen LogP contribution in [0.2, 0.25) is 0 Å². The third-order valence-electron chi connectivity index (χ3n) is 2.41. The van der Waals surface area contributed by atoms with Crippen molar-refractivity contribution < 1.29 is 18.3 Å². The van der Waals surface area contributed by atoms with Crippen molar-refractivity contribution in [2.75, 3.05) is 14.2 Å². The normalized spacial score (nSPS) is 11.9. The molecule has 100 valence electrons. The summed E-state index contributed by atoms with van der Waals surface area (Å²) in [5.41, 5.74) is 6.83. The Bertz CT molecular complexity index is 416. The van der Waals surface area contributed by atoms with Gasteiger partial charge < -0.3 is 15.2 Å². The van der Waals surface area contributed by atoms with Crippen LogP contribution in [0.15, 0.2) is 18.2 Å². The summed E-state index contributed by atoms with van der Waals surface area (Å²) in [6.45, 7) is 1.87. The minimum atomic E-state index is -1.80. The molecule has 18 heavy (non-hydrogen) atoms. The number of methoxy groups -OCH3 is 2. The van der Waals surface area contributed by atoms with Gasteiger partial charge in [-0.25, -0.2) is 0 Å². The Labute approximate surface area is 105 Å². The summed E-state index contributed by atoms with van der Waals surface area (Å²) < 4.78 is 35.0. The van der Waals surface area contributed by atoms with Gasteiger partial charge in [-0.15, -0.1) is 0 Å². The number of nitrogens with two attached hydrogens (primary N) is 1. The molecular formula is C13H17F2NO2. The second-order valence-corrected chi connectivity index (χ2v) is 4.03. The number of hydrogen-bond donors (Lipinski definition) is 1. The lowest BCUT2D eigenvalue weighted by atomic mass is 10.0. The van der Waals surface area contributed by atoms with E-state index in [0.717, 1.165) is 11.6 Å². The molecule has 0 fully saturated rings. The molecule has 1 aromatic carbocycles. The van der Waals surface area contributed by atoms with Crippen LogP contribution in [0.4, 0.5) is 8.78 Å². The fraction of sp³-hybridized carbons (Fsp3) is 0.385. The van der Waals surface area contributed by atoms with E-state index >= 15 is 0 Å². The zero-order chi connectivity index (χ0) is 13.7. The molecule has 0 spiro atoms. The van der Waals surface area contributed by atoms with E-state index in [1.54, 1.807) is 12.1 Å². The maximum atomic E-state index is 12.4. The van der Waals surface area contributed by atoms with Crippen molar-refractivity contribution in [3.05, 3.63) is 29.3 Å². The summed E-state index contributed by atoms with van der Waals surface area (Å²) in [5.74, 6) is 0.690. The first-order valence-electron chi connectivity index (χ1n) is 5.51. The second kappa shape index (κ2) is 6.35. The summed E-state index contributed by atoms with van der Waals surface area (Å²) in [4.78, 5) is 0. The van der Waals surface area contributed by atoms with Crippen LogP contribution < -0.4 is 15.2 Å². The molecule has 1 unspecified atom stereocenters. The minimum Gasteiger partial charge on any atom is -0.496 e. The van der Waals surface area contributed by atoms with Gasteiger partial charge in [-0.2, -0.15) is 8.78 Å².